The lowest BCUT2D eigenvalue weighted by Crippen LogP contribution is -2.70. The van der Waals surface area contributed by atoms with Crippen molar-refractivity contribution in [1.82, 2.24) is 9.80 Å². The van der Waals surface area contributed by atoms with E-state index in [1.165, 1.54) is 0 Å². The molecular weight excluding hydrogens is 454 g/mol. The summed E-state index contributed by atoms with van der Waals surface area (Å²) in [5.41, 5.74) is 0. The summed E-state index contributed by atoms with van der Waals surface area (Å²) in [5, 5.41) is 0. The first-order valence-corrected chi connectivity index (χ1v) is 7.12. The minimum atomic E-state index is -7.22. The second kappa shape index (κ2) is 7.31. The van der Waals surface area contributed by atoms with Gasteiger partial charge in [0.25, 0.3) is 0 Å². The maximum absolute atomic E-state index is 13.9. The third-order valence-corrected chi connectivity index (χ3v) is 3.74. The van der Waals surface area contributed by atoms with Gasteiger partial charge in [-0.05, 0) is 0 Å². The normalized spacial score (nSPS) is 19.4. The van der Waals surface area contributed by atoms with E-state index in [9.17, 15) is 61.5 Å². The highest BCUT2D eigenvalue weighted by Crippen LogP contribution is 2.55. The molecule has 1 rings (SSSR count). The Morgan fingerprint density at radius 3 is 1.34 bits per heavy atom. The molecule has 0 aromatic heterocycles. The van der Waals surface area contributed by atoms with E-state index in [4.69, 9.17) is 0 Å². The lowest BCUT2D eigenvalue weighted by atomic mass is 10.1. The van der Waals surface area contributed by atoms with Crippen LogP contribution in [0.1, 0.15) is 0 Å². The quantitative estimate of drug-likeness (QED) is 0.323. The molecule has 0 aliphatic carbocycles. The molecular formula is C12H10F14N2O. The lowest BCUT2D eigenvalue weighted by molar-refractivity contribution is -0.442. The molecule has 0 saturated carbocycles. The molecule has 0 aromatic rings. The van der Waals surface area contributed by atoms with Gasteiger partial charge in [-0.15, -0.1) is 0 Å². The first-order valence-electron chi connectivity index (χ1n) is 7.12. The highest BCUT2D eigenvalue weighted by Gasteiger charge is 2.84. The van der Waals surface area contributed by atoms with Crippen molar-refractivity contribution in [2.24, 2.45) is 0 Å². The number of hydrogen-bond acceptors (Lipinski definition) is 3. The zero-order valence-electron chi connectivity index (χ0n) is 13.6. The summed E-state index contributed by atoms with van der Waals surface area (Å²) >= 11 is 0. The van der Waals surface area contributed by atoms with Crippen molar-refractivity contribution in [1.29, 1.82) is 0 Å². The van der Waals surface area contributed by atoms with Crippen LogP contribution < -0.4 is 0 Å². The van der Waals surface area contributed by atoms with Crippen LogP contribution in [0.25, 0.3) is 0 Å². The van der Waals surface area contributed by atoms with Crippen molar-refractivity contribution in [2.75, 3.05) is 26.2 Å². The molecule has 172 valence electrons. The first-order chi connectivity index (χ1) is 12.6. The van der Waals surface area contributed by atoms with Crippen LogP contribution in [-0.4, -0.2) is 72.5 Å². The number of alkyl halides is 14. The average molecular weight is 464 g/mol. The van der Waals surface area contributed by atoms with Gasteiger partial charge in [-0.25, -0.2) is 9.80 Å². The van der Waals surface area contributed by atoms with E-state index in [-0.39, 0.29) is 0 Å². The zero-order valence-corrected chi connectivity index (χ0v) is 13.6. The van der Waals surface area contributed by atoms with Gasteiger partial charge in [0, 0.05) is 26.2 Å². The number of halogens is 14. The molecule has 1 heterocycles. The fraction of sp³-hybridized carbons (Fsp3) is 0.833. The van der Waals surface area contributed by atoms with Crippen LogP contribution in [0.4, 0.5) is 61.5 Å². The van der Waals surface area contributed by atoms with Crippen molar-refractivity contribution in [3.63, 3.8) is 0 Å². The Morgan fingerprint density at radius 2 is 1.00 bits per heavy atom. The van der Waals surface area contributed by atoms with Crippen LogP contribution in [0.15, 0.2) is 12.3 Å². The molecule has 29 heavy (non-hydrogen) atoms. The van der Waals surface area contributed by atoms with E-state index in [2.05, 4.69) is 4.74 Å². The minimum absolute atomic E-state index is 0.430. The van der Waals surface area contributed by atoms with Crippen LogP contribution >= 0.6 is 0 Å². The van der Waals surface area contributed by atoms with Crippen LogP contribution in [0, 0.1) is 0 Å². The van der Waals surface area contributed by atoms with Crippen LogP contribution in [0.3, 0.4) is 0 Å². The van der Waals surface area contributed by atoms with E-state index in [0.717, 1.165) is 0 Å². The van der Waals surface area contributed by atoms with Gasteiger partial charge in [-0.2, -0.15) is 61.5 Å². The topological polar surface area (TPSA) is 15.7 Å². The molecule has 1 aliphatic heterocycles. The summed E-state index contributed by atoms with van der Waals surface area (Å²) < 4.78 is 185. The fourth-order valence-corrected chi connectivity index (χ4v) is 2.09. The number of nitrogens with zero attached hydrogens (tertiary/aromatic N) is 2. The molecule has 0 radical (unpaired) electrons. The molecule has 0 amide bonds. The Kier molecular flexibility index (Phi) is 6.44. The SMILES string of the molecule is C=C(OC(F)(F)C(F)(F)C(F)(F)C(F)(F)N1CCN(C(F)(F)F)CC1)C(F)(F)F. The van der Waals surface area contributed by atoms with Crippen molar-refractivity contribution < 1.29 is 66.2 Å². The average Bonchev–Trinajstić information content (AvgIpc) is 2.52. The zero-order chi connectivity index (χ0) is 23.3. The molecule has 3 nitrogen and oxygen atoms in total. The molecule has 0 aromatic carbocycles. The highest BCUT2D eigenvalue weighted by atomic mass is 19.4. The molecule has 0 bridgehead atoms. The van der Waals surface area contributed by atoms with Gasteiger partial charge in [0.2, 0.25) is 0 Å². The Bertz CT molecular complexity index is 603. The van der Waals surface area contributed by atoms with Crippen LogP contribution in [0.5, 0.6) is 0 Å². The minimum Gasteiger partial charge on any atom is -0.423 e. The van der Waals surface area contributed by atoms with Gasteiger partial charge < -0.3 is 4.74 Å². The van der Waals surface area contributed by atoms with Gasteiger partial charge in [0.15, 0.2) is 5.76 Å². The molecule has 0 atom stereocenters. The Hall–Kier alpha value is -1.52. The molecule has 1 aliphatic rings. The lowest BCUT2D eigenvalue weighted by Gasteiger charge is -2.44. The van der Waals surface area contributed by atoms with Crippen molar-refractivity contribution >= 4 is 0 Å². The third kappa shape index (κ3) is 4.64. The summed E-state index contributed by atoms with van der Waals surface area (Å²) in [4.78, 5) is -1.35. The largest absolute Gasteiger partial charge is 0.471 e. The monoisotopic (exact) mass is 464 g/mol. The van der Waals surface area contributed by atoms with Crippen LogP contribution in [-0.2, 0) is 4.74 Å². The van der Waals surface area contributed by atoms with E-state index >= 15 is 0 Å². The van der Waals surface area contributed by atoms with Gasteiger partial charge in [-0.3, -0.25) is 0 Å². The molecule has 1 saturated heterocycles. The molecule has 0 unspecified atom stereocenters. The van der Waals surface area contributed by atoms with E-state index in [0.29, 0.717) is 0 Å². The Labute approximate surface area is 152 Å². The maximum atomic E-state index is 13.9. The van der Waals surface area contributed by atoms with Crippen LogP contribution in [0.2, 0.25) is 0 Å². The fourth-order valence-electron chi connectivity index (χ4n) is 2.09. The Morgan fingerprint density at radius 1 is 0.621 bits per heavy atom. The Balaban J connectivity index is 3.12. The maximum Gasteiger partial charge on any atom is 0.471 e. The summed E-state index contributed by atoms with van der Waals surface area (Å²) in [6.45, 7) is -4.20. The number of rotatable bonds is 6. The van der Waals surface area contributed by atoms with Crippen molar-refractivity contribution in [3.05, 3.63) is 12.3 Å². The highest BCUT2D eigenvalue weighted by molar-refractivity contribution is 5.04. The number of piperazine rings is 1. The predicted octanol–water partition coefficient (Wildman–Crippen LogP) is 4.67. The first kappa shape index (κ1) is 25.5. The second-order valence-corrected chi connectivity index (χ2v) is 5.67. The summed E-state index contributed by atoms with van der Waals surface area (Å²) in [5.74, 6) is -17.4. The van der Waals surface area contributed by atoms with E-state index in [1.807, 2.05) is 0 Å². The predicted molar refractivity (Wildman–Crippen MR) is 65.3 cm³/mol. The van der Waals surface area contributed by atoms with E-state index < -0.39 is 78.2 Å². The number of ether oxygens (including phenoxy) is 1. The van der Waals surface area contributed by atoms with E-state index in [1.54, 1.807) is 6.58 Å². The number of hydrogen-bond donors (Lipinski definition) is 0. The number of allylic oxidation sites excluding steroid dienone is 1. The molecule has 0 N–H and O–H groups in total. The third-order valence-electron chi connectivity index (χ3n) is 3.74. The second-order valence-electron chi connectivity index (χ2n) is 5.67. The van der Waals surface area contributed by atoms with Gasteiger partial charge in [0.05, 0.1) is 0 Å². The molecule has 17 heteroatoms. The van der Waals surface area contributed by atoms with Gasteiger partial charge in [0.1, 0.15) is 0 Å². The molecule has 1 fully saturated rings. The van der Waals surface area contributed by atoms with Crippen molar-refractivity contribution in [2.45, 2.75) is 36.5 Å². The summed E-state index contributed by atoms with van der Waals surface area (Å²) in [7, 11) is 0. The summed E-state index contributed by atoms with van der Waals surface area (Å²) in [6, 6.07) is -6.18. The van der Waals surface area contributed by atoms with Gasteiger partial charge >= 0.3 is 36.5 Å². The molecule has 0 spiro atoms. The summed E-state index contributed by atoms with van der Waals surface area (Å²) in [6.07, 6.45) is -17.8. The van der Waals surface area contributed by atoms with Gasteiger partial charge in [-0.1, -0.05) is 6.58 Å². The smallest absolute Gasteiger partial charge is 0.423 e. The van der Waals surface area contributed by atoms with Crippen molar-refractivity contribution in [3.8, 4) is 0 Å². The standard InChI is InChI=1S/C12H10F14N2O/c1-6(7(13,14)15)29-11(22,23)9(18,19)8(16,17)10(20,21)27-2-4-28(5-3-27)12(24,25)26/h1-5H2.